The molecule has 4 heteroatoms. The zero-order valence-corrected chi connectivity index (χ0v) is 12.9. The van der Waals surface area contributed by atoms with Gasteiger partial charge in [0.1, 0.15) is 0 Å². The predicted molar refractivity (Wildman–Crippen MR) is 81.8 cm³/mol. The number of nitrogens with one attached hydrogen (secondary N) is 1. The van der Waals surface area contributed by atoms with E-state index in [0.717, 1.165) is 18.5 Å². The maximum absolute atomic E-state index is 4.84. The number of hydrogen-bond donors (Lipinski definition) is 1. The fraction of sp³-hybridized carbons (Fsp3) is 0.800. The topological polar surface area (TPSA) is 28.2 Å². The van der Waals surface area contributed by atoms with Crippen molar-refractivity contribution in [3.8, 4) is 0 Å². The molecule has 3 nitrogen and oxygen atoms in total. The standard InChI is InChI=1S/C15H25N3S/c1-11(2)16-9-13-10-19-15(17-13)18-8-7-12-5-3-4-6-14(12)18/h10-12,14,16H,3-9H2,1-2H3. The van der Waals surface area contributed by atoms with Gasteiger partial charge < -0.3 is 10.2 Å². The first kappa shape index (κ1) is 13.4. The van der Waals surface area contributed by atoms with Crippen LogP contribution in [0.15, 0.2) is 5.38 Å². The largest absolute Gasteiger partial charge is 0.345 e. The Labute approximate surface area is 120 Å². The molecule has 0 bridgehead atoms. The Morgan fingerprint density at radius 3 is 3.05 bits per heavy atom. The third-order valence-electron chi connectivity index (χ3n) is 4.49. The smallest absolute Gasteiger partial charge is 0.185 e. The quantitative estimate of drug-likeness (QED) is 0.915. The number of hydrogen-bond acceptors (Lipinski definition) is 4. The lowest BCUT2D eigenvalue weighted by atomic mass is 9.85. The molecule has 1 aliphatic heterocycles. The molecule has 1 aromatic heterocycles. The summed E-state index contributed by atoms with van der Waals surface area (Å²) in [4.78, 5) is 7.43. The molecule has 1 aliphatic carbocycles. The van der Waals surface area contributed by atoms with Gasteiger partial charge in [0, 0.05) is 30.6 Å². The Bertz CT molecular complexity index is 415. The van der Waals surface area contributed by atoms with Gasteiger partial charge in [0.15, 0.2) is 5.13 Å². The molecule has 2 atom stereocenters. The van der Waals surface area contributed by atoms with Crippen LogP contribution in [0.5, 0.6) is 0 Å². The van der Waals surface area contributed by atoms with E-state index in [4.69, 9.17) is 4.98 Å². The number of anilines is 1. The van der Waals surface area contributed by atoms with Crippen LogP contribution >= 0.6 is 11.3 Å². The van der Waals surface area contributed by atoms with E-state index in [1.165, 1.54) is 49.5 Å². The van der Waals surface area contributed by atoms with Gasteiger partial charge in [-0.2, -0.15) is 0 Å². The van der Waals surface area contributed by atoms with E-state index in [0.29, 0.717) is 6.04 Å². The molecule has 0 radical (unpaired) electrons. The summed E-state index contributed by atoms with van der Waals surface area (Å²) in [6.45, 7) is 6.48. The van der Waals surface area contributed by atoms with E-state index in [-0.39, 0.29) is 0 Å². The van der Waals surface area contributed by atoms with Crippen LogP contribution in [0.4, 0.5) is 5.13 Å². The van der Waals surface area contributed by atoms with E-state index in [1.807, 2.05) is 11.3 Å². The van der Waals surface area contributed by atoms with Crippen LogP contribution in [0.25, 0.3) is 0 Å². The minimum atomic E-state index is 0.527. The molecule has 1 saturated carbocycles. The van der Waals surface area contributed by atoms with Gasteiger partial charge in [-0.15, -0.1) is 11.3 Å². The lowest BCUT2D eigenvalue weighted by Gasteiger charge is -2.31. The summed E-state index contributed by atoms with van der Waals surface area (Å²) < 4.78 is 0. The van der Waals surface area contributed by atoms with Gasteiger partial charge in [-0.05, 0) is 25.2 Å². The molecular weight excluding hydrogens is 254 g/mol. The second kappa shape index (κ2) is 5.80. The van der Waals surface area contributed by atoms with Crippen molar-refractivity contribution in [1.82, 2.24) is 10.3 Å². The highest BCUT2D eigenvalue weighted by Crippen LogP contribution is 2.39. The van der Waals surface area contributed by atoms with Crippen molar-refractivity contribution in [2.45, 2.75) is 64.6 Å². The Hall–Kier alpha value is -0.610. The third-order valence-corrected chi connectivity index (χ3v) is 5.41. The minimum Gasteiger partial charge on any atom is -0.345 e. The summed E-state index contributed by atoms with van der Waals surface area (Å²) >= 11 is 1.83. The Morgan fingerprint density at radius 1 is 1.37 bits per heavy atom. The highest BCUT2D eigenvalue weighted by Gasteiger charge is 2.36. The normalized spacial score (nSPS) is 27.0. The SMILES string of the molecule is CC(C)NCc1csc(N2CCC3CCCCC32)n1. The van der Waals surface area contributed by atoms with Crippen molar-refractivity contribution in [1.29, 1.82) is 0 Å². The summed E-state index contributed by atoms with van der Waals surface area (Å²) in [7, 11) is 0. The summed E-state index contributed by atoms with van der Waals surface area (Å²) in [5.41, 5.74) is 1.20. The average Bonchev–Trinajstić information content (AvgIpc) is 3.02. The number of nitrogens with zero attached hydrogens (tertiary/aromatic N) is 2. The van der Waals surface area contributed by atoms with Crippen LogP contribution in [-0.4, -0.2) is 23.6 Å². The molecule has 1 aromatic rings. The molecule has 0 aromatic carbocycles. The van der Waals surface area contributed by atoms with E-state index in [1.54, 1.807) is 0 Å². The first-order valence-electron chi connectivity index (χ1n) is 7.68. The van der Waals surface area contributed by atoms with Gasteiger partial charge in [-0.25, -0.2) is 4.98 Å². The van der Waals surface area contributed by atoms with Crippen LogP contribution in [0.3, 0.4) is 0 Å². The van der Waals surface area contributed by atoms with Crippen LogP contribution in [0.2, 0.25) is 0 Å². The molecule has 19 heavy (non-hydrogen) atoms. The number of rotatable bonds is 4. The molecule has 2 heterocycles. The number of aromatic nitrogens is 1. The molecular formula is C15H25N3S. The molecule has 2 fully saturated rings. The van der Waals surface area contributed by atoms with Crippen molar-refractivity contribution < 1.29 is 0 Å². The first-order chi connectivity index (χ1) is 9.24. The minimum absolute atomic E-state index is 0.527. The second-order valence-corrected chi connectivity index (χ2v) is 7.09. The molecule has 3 rings (SSSR count). The van der Waals surface area contributed by atoms with E-state index < -0.39 is 0 Å². The van der Waals surface area contributed by atoms with Gasteiger partial charge in [0.05, 0.1) is 5.69 Å². The van der Waals surface area contributed by atoms with Crippen LogP contribution in [-0.2, 0) is 6.54 Å². The van der Waals surface area contributed by atoms with Gasteiger partial charge >= 0.3 is 0 Å². The average molecular weight is 279 g/mol. The van der Waals surface area contributed by atoms with Gasteiger partial charge in [-0.3, -0.25) is 0 Å². The van der Waals surface area contributed by atoms with Gasteiger partial charge in [0.2, 0.25) is 0 Å². The van der Waals surface area contributed by atoms with Crippen molar-refractivity contribution in [2.24, 2.45) is 5.92 Å². The van der Waals surface area contributed by atoms with Crippen molar-refractivity contribution >= 4 is 16.5 Å². The van der Waals surface area contributed by atoms with Gasteiger partial charge in [0.25, 0.3) is 0 Å². The van der Waals surface area contributed by atoms with Crippen molar-refractivity contribution in [3.63, 3.8) is 0 Å². The summed E-state index contributed by atoms with van der Waals surface area (Å²) in [5, 5.41) is 6.93. The summed E-state index contributed by atoms with van der Waals surface area (Å²) in [5.74, 6) is 0.940. The lowest BCUT2D eigenvalue weighted by molar-refractivity contribution is 0.342. The Kier molecular flexibility index (Phi) is 4.08. The summed E-state index contributed by atoms with van der Waals surface area (Å²) in [6, 6.07) is 1.31. The second-order valence-electron chi connectivity index (χ2n) is 6.25. The van der Waals surface area contributed by atoms with Crippen molar-refractivity contribution in [2.75, 3.05) is 11.4 Å². The van der Waals surface area contributed by atoms with E-state index >= 15 is 0 Å². The fourth-order valence-corrected chi connectivity index (χ4v) is 4.37. The first-order valence-corrected chi connectivity index (χ1v) is 8.56. The molecule has 1 saturated heterocycles. The highest BCUT2D eigenvalue weighted by molar-refractivity contribution is 7.13. The summed E-state index contributed by atoms with van der Waals surface area (Å²) in [6.07, 6.45) is 7.04. The zero-order valence-electron chi connectivity index (χ0n) is 12.1. The third kappa shape index (κ3) is 2.95. The van der Waals surface area contributed by atoms with Gasteiger partial charge in [-0.1, -0.05) is 26.7 Å². The molecule has 2 aliphatic rings. The predicted octanol–water partition coefficient (Wildman–Crippen LogP) is 3.41. The van der Waals surface area contributed by atoms with Crippen LogP contribution in [0, 0.1) is 5.92 Å². The van der Waals surface area contributed by atoms with Crippen LogP contribution < -0.4 is 10.2 Å². The molecule has 106 valence electrons. The molecule has 0 amide bonds. The Balaban J connectivity index is 1.65. The zero-order chi connectivity index (χ0) is 13.2. The monoisotopic (exact) mass is 279 g/mol. The fourth-order valence-electron chi connectivity index (χ4n) is 3.46. The van der Waals surface area contributed by atoms with E-state index in [2.05, 4.69) is 29.4 Å². The number of fused-ring (bicyclic) bond motifs is 1. The maximum Gasteiger partial charge on any atom is 0.185 e. The van der Waals surface area contributed by atoms with Crippen LogP contribution in [0.1, 0.15) is 51.6 Å². The van der Waals surface area contributed by atoms with E-state index in [9.17, 15) is 0 Å². The molecule has 2 unspecified atom stereocenters. The lowest BCUT2D eigenvalue weighted by Crippen LogP contribution is -2.34. The Morgan fingerprint density at radius 2 is 2.21 bits per heavy atom. The number of thiazole rings is 1. The maximum atomic E-state index is 4.84. The van der Waals surface area contributed by atoms with Crippen molar-refractivity contribution in [3.05, 3.63) is 11.1 Å². The molecule has 0 spiro atoms. The molecule has 1 N–H and O–H groups in total. The highest BCUT2D eigenvalue weighted by atomic mass is 32.1.